The number of benzene rings is 1. The first kappa shape index (κ1) is 23.8. The molecular weight excluding hydrogens is 442 g/mol. The Hall–Kier alpha value is -3.37. The van der Waals surface area contributed by atoms with Crippen LogP contribution in [0.15, 0.2) is 29.0 Å². The molecule has 1 amide bonds. The van der Waals surface area contributed by atoms with Gasteiger partial charge in [-0.3, -0.25) is 19.3 Å². The quantitative estimate of drug-likeness (QED) is 0.391. The molecule has 1 saturated carbocycles. The Labute approximate surface area is 196 Å². The Bertz CT molecular complexity index is 1190. The van der Waals surface area contributed by atoms with Crippen LogP contribution in [0.25, 0.3) is 5.76 Å². The van der Waals surface area contributed by atoms with E-state index in [9.17, 15) is 34.8 Å². The fraction of sp³-hybridized carbons (Fsp3) is 0.458. The van der Waals surface area contributed by atoms with Crippen molar-refractivity contribution < 1.29 is 34.8 Å². The van der Waals surface area contributed by atoms with Crippen LogP contribution in [0.1, 0.15) is 24.5 Å². The second-order valence-electron chi connectivity index (χ2n) is 9.43. The highest BCUT2D eigenvalue weighted by atomic mass is 16.3. The zero-order valence-electron chi connectivity index (χ0n) is 19.5. The van der Waals surface area contributed by atoms with E-state index in [1.165, 1.54) is 11.0 Å². The van der Waals surface area contributed by atoms with Gasteiger partial charge in [0.2, 0.25) is 5.78 Å². The van der Waals surface area contributed by atoms with Crippen LogP contribution in [0.4, 0.5) is 5.69 Å². The van der Waals surface area contributed by atoms with Crippen molar-refractivity contribution in [2.75, 3.05) is 32.6 Å². The Balaban J connectivity index is 1.98. The summed E-state index contributed by atoms with van der Waals surface area (Å²) in [4.78, 5) is 42.2. The third-order valence-electron chi connectivity index (χ3n) is 7.47. The van der Waals surface area contributed by atoms with Crippen LogP contribution in [0.5, 0.6) is 5.75 Å². The summed E-state index contributed by atoms with van der Waals surface area (Å²) in [5, 5.41) is 44.1. The summed E-state index contributed by atoms with van der Waals surface area (Å²) in [6, 6.07) is 2.06. The molecule has 0 saturated heterocycles. The van der Waals surface area contributed by atoms with E-state index in [4.69, 9.17) is 5.73 Å². The summed E-state index contributed by atoms with van der Waals surface area (Å²) < 4.78 is 0. The summed E-state index contributed by atoms with van der Waals surface area (Å²) in [7, 11) is 5.00. The minimum Gasteiger partial charge on any atom is -0.508 e. The van der Waals surface area contributed by atoms with Crippen LogP contribution >= 0.6 is 0 Å². The van der Waals surface area contributed by atoms with E-state index in [2.05, 4.69) is 0 Å². The number of likely N-dealkylation sites (N-methyl/N-ethyl adjacent to an activating group) is 1. The van der Waals surface area contributed by atoms with E-state index in [0.29, 0.717) is 12.1 Å². The van der Waals surface area contributed by atoms with Crippen LogP contribution in [-0.2, 0) is 20.8 Å². The molecule has 182 valence electrons. The zero-order chi connectivity index (χ0) is 25.3. The number of rotatable bonds is 4. The van der Waals surface area contributed by atoms with Gasteiger partial charge in [-0.25, -0.2) is 0 Å². The molecule has 0 bridgehead atoms. The molecule has 1 fully saturated rings. The number of anilines is 1. The van der Waals surface area contributed by atoms with Crippen LogP contribution in [-0.4, -0.2) is 82.1 Å². The first-order valence-corrected chi connectivity index (χ1v) is 11.1. The SMILES string of the molecule is CCN(C)c1ccc(O)c2c1CC1CC3[C@H](N(C)C)C(=O)C(C(N)=O)=C(O)[C@@]3(O)C(=O)C1=C2O. The Morgan fingerprint density at radius 1 is 1.18 bits per heavy atom. The zero-order valence-corrected chi connectivity index (χ0v) is 19.5. The van der Waals surface area contributed by atoms with Crippen molar-refractivity contribution in [2.24, 2.45) is 17.6 Å². The van der Waals surface area contributed by atoms with Crippen LogP contribution < -0.4 is 10.6 Å². The molecule has 1 aromatic carbocycles. The Kier molecular flexibility index (Phi) is 5.49. The normalized spacial score (nSPS) is 28.6. The van der Waals surface area contributed by atoms with Gasteiger partial charge in [0.25, 0.3) is 5.91 Å². The third kappa shape index (κ3) is 2.98. The summed E-state index contributed by atoms with van der Waals surface area (Å²) in [5.41, 5.74) is 3.23. The molecule has 0 aromatic heterocycles. The number of phenolic OH excluding ortho intramolecular Hbond substituents is 1. The predicted octanol–water partition coefficient (Wildman–Crippen LogP) is 0.420. The first-order valence-electron chi connectivity index (χ1n) is 11.1. The number of phenols is 1. The molecular formula is C24H29N3O7. The van der Waals surface area contributed by atoms with Gasteiger partial charge >= 0.3 is 0 Å². The molecule has 3 aliphatic carbocycles. The van der Waals surface area contributed by atoms with Gasteiger partial charge in [0, 0.05) is 30.8 Å². The van der Waals surface area contributed by atoms with Gasteiger partial charge in [0.05, 0.1) is 11.6 Å². The van der Waals surface area contributed by atoms with E-state index < -0.39 is 58.0 Å². The molecule has 1 aromatic rings. The highest BCUT2D eigenvalue weighted by Crippen LogP contribution is 2.53. The van der Waals surface area contributed by atoms with Crippen LogP contribution in [0.3, 0.4) is 0 Å². The van der Waals surface area contributed by atoms with Gasteiger partial charge in [0.1, 0.15) is 22.8 Å². The molecule has 4 rings (SSSR count). The highest BCUT2D eigenvalue weighted by Gasteiger charge is 2.64. The lowest BCUT2D eigenvalue weighted by atomic mass is 9.57. The minimum absolute atomic E-state index is 0.0662. The fourth-order valence-corrected chi connectivity index (χ4v) is 5.76. The number of nitrogens with zero attached hydrogens (tertiary/aromatic N) is 2. The maximum absolute atomic E-state index is 13.7. The van der Waals surface area contributed by atoms with Crippen LogP contribution in [0, 0.1) is 11.8 Å². The number of nitrogens with two attached hydrogens (primary N) is 1. The number of primary amides is 1. The average Bonchev–Trinajstić information content (AvgIpc) is 2.75. The van der Waals surface area contributed by atoms with Crippen molar-refractivity contribution >= 4 is 28.9 Å². The van der Waals surface area contributed by atoms with Crippen LogP contribution in [0.2, 0.25) is 0 Å². The second-order valence-corrected chi connectivity index (χ2v) is 9.43. The minimum atomic E-state index is -2.63. The van der Waals surface area contributed by atoms with Gasteiger partial charge in [-0.05, 0) is 57.5 Å². The lowest BCUT2D eigenvalue weighted by Gasteiger charge is -2.50. The van der Waals surface area contributed by atoms with Gasteiger partial charge in [0.15, 0.2) is 11.4 Å². The monoisotopic (exact) mass is 471 g/mol. The number of aromatic hydroxyl groups is 1. The van der Waals surface area contributed by atoms with Crippen molar-refractivity contribution in [1.82, 2.24) is 4.90 Å². The van der Waals surface area contributed by atoms with Crippen molar-refractivity contribution in [2.45, 2.75) is 31.4 Å². The molecule has 10 nitrogen and oxygen atoms in total. The summed E-state index contributed by atoms with van der Waals surface area (Å²) >= 11 is 0. The summed E-state index contributed by atoms with van der Waals surface area (Å²) in [6.45, 7) is 2.61. The number of amides is 1. The Morgan fingerprint density at radius 2 is 1.82 bits per heavy atom. The molecule has 0 spiro atoms. The van der Waals surface area contributed by atoms with Crippen molar-refractivity contribution in [3.05, 3.63) is 40.2 Å². The van der Waals surface area contributed by atoms with Crippen molar-refractivity contribution in [3.63, 3.8) is 0 Å². The number of ketones is 2. The Morgan fingerprint density at radius 3 is 2.38 bits per heavy atom. The van der Waals surface area contributed by atoms with Gasteiger partial charge in [-0.2, -0.15) is 0 Å². The molecule has 0 aliphatic heterocycles. The van der Waals surface area contributed by atoms with Crippen molar-refractivity contribution in [1.29, 1.82) is 0 Å². The lowest BCUT2D eigenvalue weighted by Crippen LogP contribution is -2.65. The topological polar surface area (TPSA) is 165 Å². The average molecular weight is 472 g/mol. The second kappa shape index (κ2) is 7.85. The van der Waals surface area contributed by atoms with Gasteiger partial charge in [-0.15, -0.1) is 0 Å². The number of Topliss-reactive ketones (excluding diaryl/α,β-unsaturated/α-hetero) is 2. The van der Waals surface area contributed by atoms with Gasteiger partial charge in [-0.1, -0.05) is 0 Å². The number of hydrogen-bond donors (Lipinski definition) is 5. The highest BCUT2D eigenvalue weighted by molar-refractivity contribution is 6.24. The summed E-state index contributed by atoms with van der Waals surface area (Å²) in [5.74, 6) is -6.52. The van der Waals surface area contributed by atoms with E-state index in [1.54, 1.807) is 20.2 Å². The number of hydrogen-bond acceptors (Lipinski definition) is 9. The van der Waals surface area contributed by atoms with Gasteiger partial charge < -0.3 is 31.1 Å². The molecule has 34 heavy (non-hydrogen) atoms. The molecule has 6 N–H and O–H groups in total. The maximum atomic E-state index is 13.7. The van der Waals surface area contributed by atoms with E-state index in [0.717, 1.165) is 5.69 Å². The molecule has 2 unspecified atom stereocenters. The number of aliphatic hydroxyl groups is 3. The number of carbonyl (C=O) groups is 3. The fourth-order valence-electron chi connectivity index (χ4n) is 5.76. The molecule has 3 aliphatic rings. The van der Waals surface area contributed by atoms with E-state index >= 15 is 0 Å². The predicted molar refractivity (Wildman–Crippen MR) is 123 cm³/mol. The number of aliphatic hydroxyl groups excluding tert-OH is 2. The van der Waals surface area contributed by atoms with E-state index in [-0.39, 0.29) is 29.7 Å². The maximum Gasteiger partial charge on any atom is 0.255 e. The number of fused-ring (bicyclic) bond motifs is 3. The van der Waals surface area contributed by atoms with E-state index in [1.807, 2.05) is 18.9 Å². The molecule has 10 heteroatoms. The lowest BCUT2D eigenvalue weighted by molar-refractivity contribution is -0.153. The smallest absolute Gasteiger partial charge is 0.255 e. The first-order chi connectivity index (χ1) is 15.9. The third-order valence-corrected chi connectivity index (χ3v) is 7.47. The van der Waals surface area contributed by atoms with Crippen molar-refractivity contribution in [3.8, 4) is 5.75 Å². The molecule has 0 heterocycles. The molecule has 0 radical (unpaired) electrons. The standard InChI is InChI=1S/C24H29N3O7/c1-5-27(4)13-6-7-14(28)16-11(13)8-10-9-12-18(26(2)3)20(30)17(23(25)33)22(32)24(12,34)21(31)15(10)19(16)29/h6-7,10,12,18,28-29,32,34H,5,8-9H2,1-4H3,(H2,25,33)/t10?,12?,18-,24-/m0/s1. The number of carbonyl (C=O) groups excluding carboxylic acids is 3. The molecule has 4 atom stereocenters. The largest absolute Gasteiger partial charge is 0.508 e. The summed E-state index contributed by atoms with van der Waals surface area (Å²) in [6.07, 6.45) is 0.333.